The molecule has 0 heterocycles. The molecule has 1 heteroatoms. The summed E-state index contributed by atoms with van der Waals surface area (Å²) in [4.78, 5) is 0. The molecule has 2 aliphatic carbocycles. The third kappa shape index (κ3) is 4.21. The Hall–Kier alpha value is -0.0400. The quantitative estimate of drug-likeness (QED) is 0.740. The fourth-order valence-electron chi connectivity index (χ4n) is 4.75. The zero-order chi connectivity index (χ0) is 14.0. The van der Waals surface area contributed by atoms with Gasteiger partial charge >= 0.3 is 0 Å². The van der Waals surface area contributed by atoms with Gasteiger partial charge in [0.15, 0.2) is 0 Å². The molecule has 4 atom stereocenters. The van der Waals surface area contributed by atoms with Gasteiger partial charge in [-0.15, -0.1) is 0 Å². The number of hydrogen-bond donors (Lipinski definition) is 1. The number of rotatable bonds is 2. The monoisotopic (exact) mass is 265 g/mol. The van der Waals surface area contributed by atoms with Gasteiger partial charge in [0, 0.05) is 12.1 Å². The fourth-order valence-corrected chi connectivity index (χ4v) is 4.75. The van der Waals surface area contributed by atoms with Crippen LogP contribution in [0.4, 0.5) is 0 Å². The van der Waals surface area contributed by atoms with Crippen LogP contribution in [-0.2, 0) is 0 Å². The minimum Gasteiger partial charge on any atom is -0.311 e. The first-order chi connectivity index (χ1) is 8.86. The summed E-state index contributed by atoms with van der Waals surface area (Å²) in [6, 6.07) is 1.56. The molecule has 0 aromatic rings. The third-order valence-corrected chi connectivity index (χ3v) is 5.51. The van der Waals surface area contributed by atoms with Gasteiger partial charge in [-0.05, 0) is 55.3 Å². The average molecular weight is 265 g/mol. The summed E-state index contributed by atoms with van der Waals surface area (Å²) in [5.74, 6) is 2.70. The summed E-state index contributed by atoms with van der Waals surface area (Å²) in [6.45, 7) is 12.2. The van der Waals surface area contributed by atoms with Crippen LogP contribution < -0.4 is 5.32 Å². The highest BCUT2D eigenvalue weighted by Crippen LogP contribution is 2.39. The van der Waals surface area contributed by atoms with E-state index in [1.54, 1.807) is 0 Å². The van der Waals surface area contributed by atoms with Crippen molar-refractivity contribution in [2.45, 2.75) is 91.6 Å². The Bertz CT molecular complexity index is 268. The molecular formula is C18H35N. The van der Waals surface area contributed by atoms with E-state index in [0.717, 1.165) is 29.8 Å². The van der Waals surface area contributed by atoms with Gasteiger partial charge in [0.25, 0.3) is 0 Å². The molecule has 2 fully saturated rings. The molecule has 19 heavy (non-hydrogen) atoms. The molecule has 0 amide bonds. The minimum absolute atomic E-state index is 0.462. The van der Waals surface area contributed by atoms with Crippen LogP contribution in [0.3, 0.4) is 0 Å². The molecule has 1 nitrogen and oxygen atoms in total. The van der Waals surface area contributed by atoms with Crippen molar-refractivity contribution in [1.29, 1.82) is 0 Å². The molecule has 0 radical (unpaired) electrons. The Labute approximate surface area is 120 Å². The van der Waals surface area contributed by atoms with E-state index in [9.17, 15) is 0 Å². The highest BCUT2D eigenvalue weighted by molar-refractivity contribution is 4.91. The van der Waals surface area contributed by atoms with Gasteiger partial charge in [-0.25, -0.2) is 0 Å². The first kappa shape index (κ1) is 15.4. The highest BCUT2D eigenvalue weighted by atomic mass is 15.0. The van der Waals surface area contributed by atoms with Crippen molar-refractivity contribution in [2.75, 3.05) is 0 Å². The Morgan fingerprint density at radius 1 is 0.842 bits per heavy atom. The maximum atomic E-state index is 4.08. The SMILES string of the molecule is CC1CC(C)CC(NC2CCCCC2C(C)(C)C)C1. The summed E-state index contributed by atoms with van der Waals surface area (Å²) in [5.41, 5.74) is 0.462. The second kappa shape index (κ2) is 6.16. The Balaban J connectivity index is 1.95. The van der Waals surface area contributed by atoms with Gasteiger partial charge in [0.2, 0.25) is 0 Å². The van der Waals surface area contributed by atoms with Crippen LogP contribution in [0.1, 0.15) is 79.6 Å². The molecule has 0 aliphatic heterocycles. The summed E-state index contributed by atoms with van der Waals surface area (Å²) in [6.07, 6.45) is 9.95. The summed E-state index contributed by atoms with van der Waals surface area (Å²) in [5, 5.41) is 4.08. The number of nitrogens with one attached hydrogen (secondary N) is 1. The highest BCUT2D eigenvalue weighted by Gasteiger charge is 2.36. The standard InChI is InChI=1S/C18H35N/c1-13-10-14(2)12-15(11-13)19-17-9-7-6-8-16(17)18(3,4)5/h13-17,19H,6-12H2,1-5H3. The van der Waals surface area contributed by atoms with E-state index >= 15 is 0 Å². The maximum Gasteiger partial charge on any atom is 0.0103 e. The minimum atomic E-state index is 0.462. The summed E-state index contributed by atoms with van der Waals surface area (Å²) in [7, 11) is 0. The predicted octanol–water partition coefficient (Wildman–Crippen LogP) is 5.01. The second-order valence-electron chi connectivity index (χ2n) is 8.64. The topological polar surface area (TPSA) is 12.0 Å². The smallest absolute Gasteiger partial charge is 0.0103 e. The Morgan fingerprint density at radius 3 is 2.00 bits per heavy atom. The van der Waals surface area contributed by atoms with Crippen molar-refractivity contribution in [1.82, 2.24) is 5.32 Å². The zero-order valence-electron chi connectivity index (χ0n) is 13.8. The van der Waals surface area contributed by atoms with Crippen molar-refractivity contribution in [2.24, 2.45) is 23.2 Å². The molecule has 2 saturated carbocycles. The lowest BCUT2D eigenvalue weighted by Gasteiger charge is -2.44. The van der Waals surface area contributed by atoms with E-state index in [0.29, 0.717) is 5.41 Å². The molecule has 2 aliphatic rings. The molecule has 1 N–H and O–H groups in total. The second-order valence-corrected chi connectivity index (χ2v) is 8.64. The van der Waals surface area contributed by atoms with E-state index in [1.807, 2.05) is 0 Å². The molecule has 0 spiro atoms. The molecule has 0 bridgehead atoms. The van der Waals surface area contributed by atoms with E-state index in [-0.39, 0.29) is 0 Å². The molecule has 112 valence electrons. The van der Waals surface area contributed by atoms with E-state index in [2.05, 4.69) is 39.9 Å². The maximum absolute atomic E-state index is 4.08. The van der Waals surface area contributed by atoms with Crippen molar-refractivity contribution >= 4 is 0 Å². The van der Waals surface area contributed by atoms with Gasteiger partial charge in [0.05, 0.1) is 0 Å². The van der Waals surface area contributed by atoms with Crippen molar-refractivity contribution in [3.63, 3.8) is 0 Å². The van der Waals surface area contributed by atoms with E-state index in [1.165, 1.54) is 44.9 Å². The van der Waals surface area contributed by atoms with Gasteiger partial charge in [-0.3, -0.25) is 0 Å². The van der Waals surface area contributed by atoms with Crippen LogP contribution in [0, 0.1) is 23.2 Å². The van der Waals surface area contributed by atoms with Crippen molar-refractivity contribution in [3.8, 4) is 0 Å². The first-order valence-electron chi connectivity index (χ1n) is 8.62. The predicted molar refractivity (Wildman–Crippen MR) is 84.3 cm³/mol. The van der Waals surface area contributed by atoms with Crippen molar-refractivity contribution < 1.29 is 0 Å². The molecular weight excluding hydrogens is 230 g/mol. The number of hydrogen-bond acceptors (Lipinski definition) is 1. The van der Waals surface area contributed by atoms with Gasteiger partial charge in [-0.1, -0.05) is 47.5 Å². The van der Waals surface area contributed by atoms with Crippen LogP contribution in [0.15, 0.2) is 0 Å². The molecule has 2 rings (SSSR count). The van der Waals surface area contributed by atoms with Crippen LogP contribution in [-0.4, -0.2) is 12.1 Å². The van der Waals surface area contributed by atoms with Crippen LogP contribution >= 0.6 is 0 Å². The largest absolute Gasteiger partial charge is 0.311 e. The lowest BCUT2D eigenvalue weighted by Crippen LogP contribution is -2.50. The zero-order valence-corrected chi connectivity index (χ0v) is 13.8. The van der Waals surface area contributed by atoms with Gasteiger partial charge in [0.1, 0.15) is 0 Å². The van der Waals surface area contributed by atoms with Crippen LogP contribution in [0.5, 0.6) is 0 Å². The van der Waals surface area contributed by atoms with E-state index < -0.39 is 0 Å². The molecule has 4 unspecified atom stereocenters. The normalized spacial score (nSPS) is 41.2. The lowest BCUT2D eigenvalue weighted by atomic mass is 9.69. The van der Waals surface area contributed by atoms with Crippen LogP contribution in [0.2, 0.25) is 0 Å². The van der Waals surface area contributed by atoms with Gasteiger partial charge < -0.3 is 5.32 Å². The first-order valence-corrected chi connectivity index (χ1v) is 8.62. The Kier molecular flexibility index (Phi) is 4.98. The fraction of sp³-hybridized carbons (Fsp3) is 1.00. The van der Waals surface area contributed by atoms with Crippen molar-refractivity contribution in [3.05, 3.63) is 0 Å². The lowest BCUT2D eigenvalue weighted by molar-refractivity contribution is 0.108. The molecule has 0 aromatic heterocycles. The summed E-state index contributed by atoms with van der Waals surface area (Å²) < 4.78 is 0. The Morgan fingerprint density at radius 2 is 1.42 bits per heavy atom. The molecule has 0 aromatic carbocycles. The van der Waals surface area contributed by atoms with E-state index in [4.69, 9.17) is 0 Å². The van der Waals surface area contributed by atoms with Gasteiger partial charge in [-0.2, -0.15) is 0 Å². The summed E-state index contributed by atoms with van der Waals surface area (Å²) >= 11 is 0. The molecule has 0 saturated heterocycles. The van der Waals surface area contributed by atoms with Crippen LogP contribution in [0.25, 0.3) is 0 Å². The third-order valence-electron chi connectivity index (χ3n) is 5.51. The average Bonchev–Trinajstić information content (AvgIpc) is 2.26.